The van der Waals surface area contributed by atoms with E-state index in [0.29, 0.717) is 0 Å². The number of aryl methyl sites for hydroxylation is 1. The summed E-state index contributed by atoms with van der Waals surface area (Å²) in [7, 11) is 2.14. The van der Waals surface area contributed by atoms with Gasteiger partial charge in [-0.1, -0.05) is 12.8 Å². The Morgan fingerprint density at radius 2 is 2.17 bits per heavy atom. The van der Waals surface area contributed by atoms with Crippen molar-refractivity contribution in [2.75, 3.05) is 18.5 Å². The van der Waals surface area contributed by atoms with Crippen LogP contribution in [0, 0.1) is 12.8 Å². The molecule has 96 valence electrons. The van der Waals surface area contributed by atoms with E-state index in [1.165, 1.54) is 25.7 Å². The van der Waals surface area contributed by atoms with Crippen LogP contribution in [0.4, 0.5) is 5.82 Å². The maximum Gasteiger partial charge on any atom is 0.154 e. The molecule has 1 saturated carbocycles. The van der Waals surface area contributed by atoms with Crippen molar-refractivity contribution in [2.45, 2.75) is 32.6 Å². The second-order valence-corrected chi connectivity index (χ2v) is 5.40. The molecule has 0 bridgehead atoms. The Balaban J connectivity index is 1.87. The lowest BCUT2D eigenvalue weighted by molar-refractivity contribution is 0.545. The number of anilines is 1. The molecule has 0 aromatic carbocycles. The third kappa shape index (κ3) is 2.07. The highest BCUT2D eigenvalue weighted by Gasteiger charge is 2.18. The minimum absolute atomic E-state index is 0.834. The molecule has 2 aromatic heterocycles. The maximum atomic E-state index is 4.53. The van der Waals surface area contributed by atoms with Gasteiger partial charge in [-0.25, -0.2) is 9.50 Å². The molecule has 0 spiro atoms. The highest BCUT2D eigenvalue weighted by Crippen LogP contribution is 2.27. The van der Waals surface area contributed by atoms with Crippen LogP contribution in [0.3, 0.4) is 0 Å². The van der Waals surface area contributed by atoms with Gasteiger partial charge < -0.3 is 4.90 Å². The van der Waals surface area contributed by atoms with Crippen LogP contribution < -0.4 is 4.90 Å². The van der Waals surface area contributed by atoms with Crippen molar-refractivity contribution in [3.05, 3.63) is 24.2 Å². The summed E-state index contributed by atoms with van der Waals surface area (Å²) in [6.07, 6.45) is 9.26. The van der Waals surface area contributed by atoms with E-state index in [1.807, 2.05) is 23.8 Å². The van der Waals surface area contributed by atoms with Crippen LogP contribution in [0.25, 0.3) is 5.52 Å². The number of hydrogen-bond donors (Lipinski definition) is 0. The van der Waals surface area contributed by atoms with Gasteiger partial charge in [0.05, 0.1) is 5.69 Å². The molecule has 0 radical (unpaired) electrons. The number of rotatable bonds is 3. The minimum atomic E-state index is 0.834. The van der Waals surface area contributed by atoms with Gasteiger partial charge in [-0.05, 0) is 31.7 Å². The largest absolute Gasteiger partial charge is 0.358 e. The Labute approximate surface area is 108 Å². The number of fused-ring (bicyclic) bond motifs is 1. The summed E-state index contributed by atoms with van der Waals surface area (Å²) in [6.45, 7) is 3.13. The lowest BCUT2D eigenvalue weighted by atomic mass is 10.1. The Kier molecular flexibility index (Phi) is 2.94. The van der Waals surface area contributed by atoms with Crippen molar-refractivity contribution in [3.63, 3.8) is 0 Å². The molecule has 1 aliphatic rings. The molecule has 18 heavy (non-hydrogen) atoms. The van der Waals surface area contributed by atoms with Gasteiger partial charge >= 0.3 is 0 Å². The van der Waals surface area contributed by atoms with Crippen molar-refractivity contribution < 1.29 is 0 Å². The SMILES string of the molecule is Cc1cc2c(N(C)CC3CCCC3)nccn2n1. The molecule has 1 fully saturated rings. The van der Waals surface area contributed by atoms with E-state index in [9.17, 15) is 0 Å². The van der Waals surface area contributed by atoms with Crippen LogP contribution in [0.2, 0.25) is 0 Å². The van der Waals surface area contributed by atoms with Gasteiger partial charge in [-0.2, -0.15) is 5.10 Å². The monoisotopic (exact) mass is 244 g/mol. The third-order valence-corrected chi connectivity index (χ3v) is 3.86. The van der Waals surface area contributed by atoms with E-state index in [-0.39, 0.29) is 0 Å². The first kappa shape index (κ1) is 11.5. The first-order chi connectivity index (χ1) is 8.74. The van der Waals surface area contributed by atoms with Gasteiger partial charge in [0.1, 0.15) is 5.52 Å². The summed E-state index contributed by atoms with van der Waals surface area (Å²) in [6, 6.07) is 2.10. The van der Waals surface area contributed by atoms with Crippen molar-refractivity contribution in [1.82, 2.24) is 14.6 Å². The van der Waals surface area contributed by atoms with E-state index in [0.717, 1.165) is 29.5 Å². The van der Waals surface area contributed by atoms with Crippen LogP contribution >= 0.6 is 0 Å². The molecule has 4 nitrogen and oxygen atoms in total. The minimum Gasteiger partial charge on any atom is -0.358 e. The quantitative estimate of drug-likeness (QED) is 0.832. The van der Waals surface area contributed by atoms with Crippen LogP contribution in [-0.4, -0.2) is 28.2 Å². The molecule has 4 heteroatoms. The van der Waals surface area contributed by atoms with Crippen LogP contribution in [0.15, 0.2) is 18.5 Å². The molecule has 3 rings (SSSR count). The molecule has 2 heterocycles. The summed E-state index contributed by atoms with van der Waals surface area (Å²) in [5.74, 6) is 1.88. The predicted octanol–water partition coefficient (Wildman–Crippen LogP) is 2.66. The van der Waals surface area contributed by atoms with Crippen LogP contribution in [0.1, 0.15) is 31.4 Å². The van der Waals surface area contributed by atoms with Gasteiger partial charge in [0.2, 0.25) is 0 Å². The van der Waals surface area contributed by atoms with Crippen molar-refractivity contribution in [1.29, 1.82) is 0 Å². The zero-order valence-electron chi connectivity index (χ0n) is 11.1. The summed E-state index contributed by atoms with van der Waals surface area (Å²) < 4.78 is 1.92. The summed E-state index contributed by atoms with van der Waals surface area (Å²) >= 11 is 0. The summed E-state index contributed by atoms with van der Waals surface area (Å²) in [5.41, 5.74) is 2.15. The molecule has 0 amide bonds. The molecular formula is C14H20N4. The summed E-state index contributed by atoms with van der Waals surface area (Å²) in [5, 5.41) is 4.44. The van der Waals surface area contributed by atoms with Crippen molar-refractivity contribution >= 4 is 11.3 Å². The average Bonchev–Trinajstić information content (AvgIpc) is 2.95. The number of hydrogen-bond acceptors (Lipinski definition) is 3. The van der Waals surface area contributed by atoms with E-state index in [1.54, 1.807) is 0 Å². The second kappa shape index (κ2) is 4.59. The summed E-state index contributed by atoms with van der Waals surface area (Å²) in [4.78, 5) is 6.81. The van der Waals surface area contributed by atoms with Crippen molar-refractivity contribution in [3.8, 4) is 0 Å². The zero-order valence-corrected chi connectivity index (χ0v) is 11.1. The van der Waals surface area contributed by atoms with E-state index in [4.69, 9.17) is 0 Å². The Morgan fingerprint density at radius 1 is 1.39 bits per heavy atom. The normalized spacial score (nSPS) is 16.6. The maximum absolute atomic E-state index is 4.53. The van der Waals surface area contributed by atoms with Gasteiger partial charge in [-0.15, -0.1) is 0 Å². The van der Waals surface area contributed by atoms with Gasteiger partial charge in [0.15, 0.2) is 5.82 Å². The molecule has 0 N–H and O–H groups in total. The van der Waals surface area contributed by atoms with Gasteiger partial charge in [0.25, 0.3) is 0 Å². The molecular weight excluding hydrogens is 224 g/mol. The molecule has 0 saturated heterocycles. The first-order valence-corrected chi connectivity index (χ1v) is 6.76. The molecule has 0 unspecified atom stereocenters. The Bertz CT molecular complexity index is 540. The Hall–Kier alpha value is -1.58. The van der Waals surface area contributed by atoms with E-state index in [2.05, 4.69) is 28.1 Å². The lowest BCUT2D eigenvalue weighted by Gasteiger charge is -2.22. The number of aromatic nitrogens is 3. The molecule has 0 atom stereocenters. The lowest BCUT2D eigenvalue weighted by Crippen LogP contribution is -2.25. The van der Waals surface area contributed by atoms with E-state index >= 15 is 0 Å². The fourth-order valence-electron chi connectivity index (χ4n) is 2.99. The fraction of sp³-hybridized carbons (Fsp3) is 0.571. The van der Waals surface area contributed by atoms with E-state index < -0.39 is 0 Å². The standard InChI is InChI=1S/C14H20N4/c1-11-9-13-14(15-7-8-18(13)16-11)17(2)10-12-5-3-4-6-12/h7-9,12H,3-6,10H2,1-2H3. The third-order valence-electron chi connectivity index (χ3n) is 3.86. The fourth-order valence-corrected chi connectivity index (χ4v) is 2.99. The predicted molar refractivity (Wildman–Crippen MR) is 73.0 cm³/mol. The van der Waals surface area contributed by atoms with Gasteiger partial charge in [-0.3, -0.25) is 0 Å². The Morgan fingerprint density at radius 3 is 2.94 bits per heavy atom. The van der Waals surface area contributed by atoms with Crippen LogP contribution in [0.5, 0.6) is 0 Å². The second-order valence-electron chi connectivity index (χ2n) is 5.40. The zero-order chi connectivity index (χ0) is 12.5. The van der Waals surface area contributed by atoms with Gasteiger partial charge in [0, 0.05) is 26.0 Å². The topological polar surface area (TPSA) is 33.4 Å². The first-order valence-electron chi connectivity index (χ1n) is 6.76. The number of nitrogens with zero attached hydrogens (tertiary/aromatic N) is 4. The average molecular weight is 244 g/mol. The molecule has 2 aromatic rings. The molecule has 0 aliphatic heterocycles. The smallest absolute Gasteiger partial charge is 0.154 e. The van der Waals surface area contributed by atoms with Crippen molar-refractivity contribution in [2.24, 2.45) is 5.92 Å². The van der Waals surface area contributed by atoms with Crippen LogP contribution in [-0.2, 0) is 0 Å². The highest BCUT2D eigenvalue weighted by atomic mass is 15.3. The highest BCUT2D eigenvalue weighted by molar-refractivity contribution is 5.68. The molecule has 1 aliphatic carbocycles.